The van der Waals surface area contributed by atoms with Crippen molar-refractivity contribution in [1.82, 2.24) is 4.98 Å². The third-order valence-electron chi connectivity index (χ3n) is 7.92. The van der Waals surface area contributed by atoms with Gasteiger partial charge >= 0.3 is 5.97 Å². The van der Waals surface area contributed by atoms with E-state index in [9.17, 15) is 19.7 Å². The van der Waals surface area contributed by atoms with Crippen molar-refractivity contribution >= 4 is 57.1 Å². The summed E-state index contributed by atoms with van der Waals surface area (Å²) in [4.78, 5) is 43.8. The van der Waals surface area contributed by atoms with Crippen molar-refractivity contribution in [3.05, 3.63) is 96.9 Å². The number of carbonyl (C=O) groups excluding carboxylic acids is 2. The predicted octanol–water partition coefficient (Wildman–Crippen LogP) is 7.77. The molecule has 0 bridgehead atoms. The van der Waals surface area contributed by atoms with E-state index in [1.807, 2.05) is 35.7 Å². The van der Waals surface area contributed by atoms with E-state index >= 15 is 0 Å². The fraction of sp³-hybridized carbons (Fsp3) is 0.303. The second kappa shape index (κ2) is 11.5. The first-order chi connectivity index (χ1) is 19.9. The molecule has 2 heterocycles. The van der Waals surface area contributed by atoms with Crippen molar-refractivity contribution in [3.63, 3.8) is 0 Å². The van der Waals surface area contributed by atoms with E-state index in [0.29, 0.717) is 22.9 Å². The third-order valence-corrected chi connectivity index (χ3v) is 8.74. The lowest BCUT2D eigenvalue weighted by Crippen LogP contribution is -2.29. The minimum absolute atomic E-state index is 0.0280. The number of esters is 1. The Morgan fingerprint density at radius 3 is 2.55 bits per heavy atom. The van der Waals surface area contributed by atoms with Gasteiger partial charge in [-0.15, -0.1) is 11.3 Å². The number of fused-ring (bicyclic) bond motifs is 2. The number of nitrogens with one attached hydrogen (secondary N) is 1. The lowest BCUT2D eigenvalue weighted by molar-refractivity contribution is -0.384. The van der Waals surface area contributed by atoms with Gasteiger partial charge in [0.05, 0.1) is 21.7 Å². The van der Waals surface area contributed by atoms with Gasteiger partial charge in [0.1, 0.15) is 5.69 Å². The van der Waals surface area contributed by atoms with Gasteiger partial charge in [-0.25, -0.2) is 9.78 Å². The molecule has 0 fully saturated rings. The molecule has 1 aliphatic carbocycles. The Labute approximate surface area is 248 Å². The number of para-hydroxylation sites is 1. The van der Waals surface area contributed by atoms with Crippen molar-refractivity contribution in [1.29, 1.82) is 0 Å². The first kappa shape index (κ1) is 29.1. The second-order valence-electron chi connectivity index (χ2n) is 11.8. The van der Waals surface area contributed by atoms with Gasteiger partial charge in [-0.3, -0.25) is 14.9 Å². The summed E-state index contributed by atoms with van der Waals surface area (Å²) >= 11 is 1.65. The van der Waals surface area contributed by atoms with E-state index < -0.39 is 23.4 Å². The number of anilines is 1. The number of allylic oxidation sites excluding steroid dienone is 1. The van der Waals surface area contributed by atoms with Crippen LogP contribution < -0.4 is 5.32 Å². The largest absolute Gasteiger partial charge is 0.452 e. The molecular weight excluding hydrogens is 550 g/mol. The number of thiophene rings is 1. The highest BCUT2D eigenvalue weighted by Crippen LogP contribution is 2.45. The number of amides is 1. The third kappa shape index (κ3) is 5.97. The fourth-order valence-corrected chi connectivity index (χ4v) is 6.04. The van der Waals surface area contributed by atoms with Crippen molar-refractivity contribution in [2.45, 2.75) is 47.5 Å². The van der Waals surface area contributed by atoms with Crippen molar-refractivity contribution in [2.24, 2.45) is 11.3 Å². The van der Waals surface area contributed by atoms with Gasteiger partial charge in [-0.2, -0.15) is 0 Å². The summed E-state index contributed by atoms with van der Waals surface area (Å²) in [5, 5.41) is 16.8. The molecule has 0 spiro atoms. The standard InChI is InChI=1S/C33H33N3O5S/c1-19-13-27(28(36(39)40)14-20(19)2)34-29(37)18-41-32(38)30-24-10-6-7-11-26(24)35-31-21(16-23-9-8-12-42-23)15-22(17-25(30)31)33(3,4)5/h6-14,16,22H,15,17-18H2,1-5H3,(H,34,37)/b21-16-/t22-/m1/s1. The first-order valence-electron chi connectivity index (χ1n) is 13.8. The minimum Gasteiger partial charge on any atom is -0.452 e. The lowest BCUT2D eigenvalue weighted by Gasteiger charge is -2.36. The molecule has 0 saturated carbocycles. The Bertz CT molecular complexity index is 1730. The molecule has 1 amide bonds. The SMILES string of the molecule is Cc1cc(NC(=O)COC(=O)c2c3c(nc4ccccc24)/C(=C\c2cccs2)C[C@@H](C(C)(C)C)C3)c([N+](=O)[O-])cc1C. The zero-order valence-electron chi connectivity index (χ0n) is 24.3. The van der Waals surface area contributed by atoms with Crippen molar-refractivity contribution in [2.75, 3.05) is 11.9 Å². The average molecular weight is 584 g/mol. The molecule has 1 N–H and O–H groups in total. The molecule has 8 nitrogen and oxygen atoms in total. The van der Waals surface area contributed by atoms with Crippen LogP contribution in [0.25, 0.3) is 22.6 Å². The highest BCUT2D eigenvalue weighted by Gasteiger charge is 2.35. The van der Waals surface area contributed by atoms with Crippen molar-refractivity contribution < 1.29 is 19.2 Å². The van der Waals surface area contributed by atoms with Gasteiger partial charge in [-0.1, -0.05) is 45.0 Å². The van der Waals surface area contributed by atoms with E-state index in [0.717, 1.165) is 39.3 Å². The Morgan fingerprint density at radius 1 is 1.12 bits per heavy atom. The zero-order valence-corrected chi connectivity index (χ0v) is 25.1. The summed E-state index contributed by atoms with van der Waals surface area (Å²) in [5.41, 5.74) is 5.10. The van der Waals surface area contributed by atoms with Gasteiger partial charge in [0.15, 0.2) is 6.61 Å². The summed E-state index contributed by atoms with van der Waals surface area (Å²) in [6.45, 7) is 9.59. The van der Waals surface area contributed by atoms with Crippen LogP contribution in [-0.4, -0.2) is 28.4 Å². The van der Waals surface area contributed by atoms with Crippen LogP contribution in [0.1, 0.15) is 64.8 Å². The maximum absolute atomic E-state index is 13.8. The molecule has 4 aromatic rings. The molecule has 9 heteroatoms. The van der Waals surface area contributed by atoms with E-state index in [-0.39, 0.29) is 22.7 Å². The molecule has 0 aliphatic heterocycles. The number of rotatable bonds is 6. The van der Waals surface area contributed by atoms with Gasteiger partial charge < -0.3 is 10.1 Å². The first-order valence-corrected chi connectivity index (χ1v) is 14.7. The number of hydrogen-bond acceptors (Lipinski definition) is 7. The molecule has 0 unspecified atom stereocenters. The zero-order chi connectivity index (χ0) is 30.2. The molecular formula is C33H33N3O5S. The molecule has 0 saturated heterocycles. The van der Waals surface area contributed by atoms with Gasteiger partial charge in [0.25, 0.3) is 11.6 Å². The molecule has 2 aromatic heterocycles. The summed E-state index contributed by atoms with van der Waals surface area (Å²) in [6.07, 6.45) is 3.62. The topological polar surface area (TPSA) is 111 Å². The number of benzene rings is 2. The molecule has 1 aliphatic rings. The molecule has 0 radical (unpaired) electrons. The summed E-state index contributed by atoms with van der Waals surface area (Å²) in [5.74, 6) is -1.04. The van der Waals surface area contributed by atoms with E-state index in [4.69, 9.17) is 9.72 Å². The average Bonchev–Trinajstić information content (AvgIpc) is 3.45. The number of carbonyl (C=O) groups is 2. The number of nitrogens with zero attached hydrogens (tertiary/aromatic N) is 2. The Balaban J connectivity index is 1.50. The number of hydrogen-bond donors (Lipinski definition) is 1. The number of nitro benzene ring substituents is 1. The molecule has 1 atom stereocenters. The van der Waals surface area contributed by atoms with Crippen molar-refractivity contribution in [3.8, 4) is 0 Å². The summed E-state index contributed by atoms with van der Waals surface area (Å²) in [7, 11) is 0. The minimum atomic E-state index is -0.659. The van der Waals surface area contributed by atoms with Crippen LogP contribution in [0.4, 0.5) is 11.4 Å². The smallest absolute Gasteiger partial charge is 0.339 e. The lowest BCUT2D eigenvalue weighted by atomic mass is 9.69. The maximum atomic E-state index is 13.8. The second-order valence-corrected chi connectivity index (χ2v) is 12.8. The molecule has 216 valence electrons. The number of aryl methyl sites for hydroxylation is 2. The number of pyridine rings is 1. The molecule has 5 rings (SSSR count). The molecule has 42 heavy (non-hydrogen) atoms. The quantitative estimate of drug-likeness (QED) is 0.141. The number of aromatic nitrogens is 1. The normalized spacial score (nSPS) is 15.8. The predicted molar refractivity (Wildman–Crippen MR) is 167 cm³/mol. The van der Waals surface area contributed by atoms with Crippen LogP contribution in [0.15, 0.2) is 53.9 Å². The van der Waals surface area contributed by atoms with Gasteiger partial charge in [-0.05, 0) is 89.9 Å². The highest BCUT2D eigenvalue weighted by molar-refractivity contribution is 7.10. The van der Waals surface area contributed by atoms with E-state index in [2.05, 4.69) is 38.2 Å². The van der Waals surface area contributed by atoms with Crippen LogP contribution >= 0.6 is 11.3 Å². The van der Waals surface area contributed by atoms with Crippen LogP contribution in [0.3, 0.4) is 0 Å². The van der Waals surface area contributed by atoms with Gasteiger partial charge in [0, 0.05) is 16.3 Å². The highest BCUT2D eigenvalue weighted by atomic mass is 32.1. The van der Waals surface area contributed by atoms with Crippen LogP contribution in [0.5, 0.6) is 0 Å². The van der Waals surface area contributed by atoms with E-state index in [1.54, 1.807) is 31.3 Å². The van der Waals surface area contributed by atoms with E-state index in [1.165, 1.54) is 6.07 Å². The summed E-state index contributed by atoms with van der Waals surface area (Å²) in [6, 6.07) is 14.5. The Kier molecular flexibility index (Phi) is 7.97. The van der Waals surface area contributed by atoms with Gasteiger partial charge in [0.2, 0.25) is 0 Å². The number of nitro groups is 1. The maximum Gasteiger partial charge on any atom is 0.339 e. The van der Waals surface area contributed by atoms with Crippen LogP contribution in [0.2, 0.25) is 0 Å². The summed E-state index contributed by atoms with van der Waals surface area (Å²) < 4.78 is 5.59. The molecule has 2 aromatic carbocycles. The van der Waals surface area contributed by atoms with Crippen LogP contribution in [0, 0.1) is 35.3 Å². The number of ether oxygens (including phenoxy) is 1. The fourth-order valence-electron chi connectivity index (χ4n) is 5.36. The van der Waals surface area contributed by atoms with Crippen LogP contribution in [-0.2, 0) is 16.0 Å². The Morgan fingerprint density at radius 2 is 1.86 bits per heavy atom. The Hall–Kier alpha value is -4.37. The monoisotopic (exact) mass is 583 g/mol.